The Kier molecular flexibility index (Phi) is 4.65. The molecule has 0 radical (unpaired) electrons. The van der Waals surface area contributed by atoms with Crippen LogP contribution in [0.1, 0.15) is 45.4 Å². The Morgan fingerprint density at radius 3 is 2.95 bits per heavy atom. The van der Waals surface area contributed by atoms with Gasteiger partial charge in [-0.2, -0.15) is 0 Å². The molecule has 1 spiro atoms. The summed E-state index contributed by atoms with van der Waals surface area (Å²) in [6.07, 6.45) is 8.83. The number of nitrogens with zero attached hydrogens (tertiary/aromatic N) is 1. The molecule has 21 heavy (non-hydrogen) atoms. The largest absolute Gasteiger partial charge is 0.379 e. The Balaban J connectivity index is 1.50. The third-order valence-corrected chi connectivity index (χ3v) is 5.22. The van der Waals surface area contributed by atoms with Crippen LogP contribution < -0.4 is 0 Å². The van der Waals surface area contributed by atoms with Crippen molar-refractivity contribution in [1.82, 2.24) is 4.90 Å². The van der Waals surface area contributed by atoms with E-state index in [0.29, 0.717) is 12.0 Å². The lowest BCUT2D eigenvalue weighted by Gasteiger charge is -2.38. The van der Waals surface area contributed by atoms with E-state index in [1.54, 1.807) is 0 Å². The average Bonchev–Trinajstić information content (AvgIpc) is 3.16. The first kappa shape index (κ1) is 15.0. The second-order valence-corrected chi connectivity index (χ2v) is 6.71. The fourth-order valence-corrected chi connectivity index (χ4v) is 3.85. The van der Waals surface area contributed by atoms with Crippen LogP contribution in [0, 0.1) is 5.41 Å². The molecular weight excluding hydrogens is 266 g/mol. The fraction of sp³-hybridized carbons (Fsp3) is 0.824. The molecule has 0 N–H and O–H groups in total. The number of ether oxygens (including phenoxy) is 2. The fourth-order valence-electron chi connectivity index (χ4n) is 3.85. The van der Waals surface area contributed by atoms with Gasteiger partial charge in [-0.1, -0.05) is 6.08 Å². The van der Waals surface area contributed by atoms with E-state index >= 15 is 0 Å². The zero-order chi connectivity index (χ0) is 14.7. The number of amides is 1. The smallest absolute Gasteiger partial charge is 0.249 e. The van der Waals surface area contributed by atoms with Crippen molar-refractivity contribution in [3.8, 4) is 0 Å². The van der Waals surface area contributed by atoms with Crippen LogP contribution in [0.4, 0.5) is 0 Å². The highest BCUT2D eigenvalue weighted by Crippen LogP contribution is 2.42. The molecule has 3 rings (SSSR count). The highest BCUT2D eigenvalue weighted by molar-refractivity contribution is 5.93. The standard InChI is InChI=1S/C17H27NO3/c1-2-20-12-15-11-17(13-21-15)7-9-18(10-8-17)16(19)14-5-3-4-6-14/h5,15H,2-4,6-13H2,1H3/t15-/m1/s1. The first-order valence-corrected chi connectivity index (χ1v) is 8.40. The van der Waals surface area contributed by atoms with Crippen LogP contribution in [0.2, 0.25) is 0 Å². The summed E-state index contributed by atoms with van der Waals surface area (Å²) in [6, 6.07) is 0. The number of allylic oxidation sites excluding steroid dienone is 1. The van der Waals surface area contributed by atoms with Gasteiger partial charge in [0.1, 0.15) is 0 Å². The molecular formula is C17H27NO3. The van der Waals surface area contributed by atoms with Crippen LogP contribution in [-0.4, -0.2) is 49.8 Å². The van der Waals surface area contributed by atoms with Crippen molar-refractivity contribution < 1.29 is 14.3 Å². The van der Waals surface area contributed by atoms with Gasteiger partial charge in [0.05, 0.1) is 19.3 Å². The number of likely N-dealkylation sites (tertiary alicyclic amines) is 1. The summed E-state index contributed by atoms with van der Waals surface area (Å²) in [4.78, 5) is 14.5. The lowest BCUT2D eigenvalue weighted by Crippen LogP contribution is -2.44. The lowest BCUT2D eigenvalue weighted by molar-refractivity contribution is -0.129. The molecule has 4 nitrogen and oxygen atoms in total. The topological polar surface area (TPSA) is 38.8 Å². The molecule has 2 heterocycles. The molecule has 0 aromatic carbocycles. The number of hydrogen-bond donors (Lipinski definition) is 0. The quantitative estimate of drug-likeness (QED) is 0.799. The van der Waals surface area contributed by atoms with Gasteiger partial charge in [0.15, 0.2) is 0 Å². The monoisotopic (exact) mass is 293 g/mol. The first-order chi connectivity index (χ1) is 10.2. The minimum atomic E-state index is 0.254. The van der Waals surface area contributed by atoms with Crippen molar-refractivity contribution in [2.75, 3.05) is 32.9 Å². The van der Waals surface area contributed by atoms with Crippen LogP contribution in [-0.2, 0) is 14.3 Å². The van der Waals surface area contributed by atoms with Crippen molar-refractivity contribution >= 4 is 5.91 Å². The first-order valence-electron chi connectivity index (χ1n) is 8.40. The number of hydrogen-bond acceptors (Lipinski definition) is 3. The molecule has 2 saturated heterocycles. The summed E-state index contributed by atoms with van der Waals surface area (Å²) in [6.45, 7) is 6.11. The molecule has 2 fully saturated rings. The Labute approximate surface area is 127 Å². The van der Waals surface area contributed by atoms with Crippen LogP contribution >= 0.6 is 0 Å². The molecule has 1 aliphatic carbocycles. The number of rotatable bonds is 4. The molecule has 0 bridgehead atoms. The second kappa shape index (κ2) is 6.49. The van der Waals surface area contributed by atoms with E-state index in [2.05, 4.69) is 11.0 Å². The predicted molar refractivity (Wildman–Crippen MR) is 81.0 cm³/mol. The Bertz CT molecular complexity index is 410. The summed E-state index contributed by atoms with van der Waals surface area (Å²) in [7, 11) is 0. The van der Waals surface area contributed by atoms with E-state index in [4.69, 9.17) is 9.47 Å². The van der Waals surface area contributed by atoms with Crippen LogP contribution in [0.15, 0.2) is 11.6 Å². The molecule has 0 aromatic heterocycles. The van der Waals surface area contributed by atoms with E-state index in [0.717, 1.165) is 70.4 Å². The molecule has 4 heteroatoms. The Hall–Kier alpha value is -0.870. The normalized spacial score (nSPS) is 28.1. The molecule has 1 atom stereocenters. The van der Waals surface area contributed by atoms with Crippen molar-refractivity contribution in [3.05, 3.63) is 11.6 Å². The average molecular weight is 293 g/mol. The number of carbonyl (C=O) groups is 1. The SMILES string of the molecule is CCOC[C@H]1CC2(CCN(C(=O)C3=CCCC3)CC2)CO1. The summed E-state index contributed by atoms with van der Waals surface area (Å²) < 4.78 is 11.4. The van der Waals surface area contributed by atoms with Crippen LogP contribution in [0.5, 0.6) is 0 Å². The van der Waals surface area contributed by atoms with Gasteiger partial charge >= 0.3 is 0 Å². The van der Waals surface area contributed by atoms with E-state index in [1.807, 2.05) is 6.92 Å². The summed E-state index contributed by atoms with van der Waals surface area (Å²) in [5, 5.41) is 0. The second-order valence-electron chi connectivity index (χ2n) is 6.71. The van der Waals surface area contributed by atoms with Crippen molar-refractivity contribution in [2.24, 2.45) is 5.41 Å². The van der Waals surface area contributed by atoms with E-state index in [-0.39, 0.29) is 12.0 Å². The van der Waals surface area contributed by atoms with Crippen molar-refractivity contribution in [1.29, 1.82) is 0 Å². The third kappa shape index (κ3) is 3.32. The maximum Gasteiger partial charge on any atom is 0.249 e. The molecule has 2 aliphatic heterocycles. The molecule has 0 aromatic rings. The number of carbonyl (C=O) groups excluding carboxylic acids is 1. The lowest BCUT2D eigenvalue weighted by atomic mass is 9.76. The minimum absolute atomic E-state index is 0.254. The van der Waals surface area contributed by atoms with Gasteiger partial charge in [-0.25, -0.2) is 0 Å². The Morgan fingerprint density at radius 2 is 2.29 bits per heavy atom. The van der Waals surface area contributed by atoms with Gasteiger partial charge in [0, 0.05) is 25.3 Å². The van der Waals surface area contributed by atoms with Gasteiger partial charge < -0.3 is 14.4 Å². The zero-order valence-electron chi connectivity index (χ0n) is 13.1. The predicted octanol–water partition coefficient (Wildman–Crippen LogP) is 2.53. The van der Waals surface area contributed by atoms with Crippen LogP contribution in [0.25, 0.3) is 0 Å². The number of piperidine rings is 1. The highest BCUT2D eigenvalue weighted by atomic mass is 16.5. The van der Waals surface area contributed by atoms with Crippen LogP contribution in [0.3, 0.4) is 0 Å². The van der Waals surface area contributed by atoms with E-state index < -0.39 is 0 Å². The van der Waals surface area contributed by atoms with Gasteiger partial charge in [-0.3, -0.25) is 4.79 Å². The van der Waals surface area contributed by atoms with Gasteiger partial charge in [-0.05, 0) is 50.9 Å². The highest BCUT2D eigenvalue weighted by Gasteiger charge is 2.43. The van der Waals surface area contributed by atoms with Gasteiger partial charge in [-0.15, -0.1) is 0 Å². The molecule has 3 aliphatic rings. The van der Waals surface area contributed by atoms with Crippen molar-refractivity contribution in [2.45, 2.75) is 51.6 Å². The minimum Gasteiger partial charge on any atom is -0.379 e. The van der Waals surface area contributed by atoms with Gasteiger partial charge in [0.25, 0.3) is 0 Å². The maximum absolute atomic E-state index is 12.4. The third-order valence-electron chi connectivity index (χ3n) is 5.22. The maximum atomic E-state index is 12.4. The van der Waals surface area contributed by atoms with Gasteiger partial charge in [0.2, 0.25) is 5.91 Å². The summed E-state index contributed by atoms with van der Waals surface area (Å²) in [5.74, 6) is 0.284. The van der Waals surface area contributed by atoms with E-state index in [9.17, 15) is 4.79 Å². The van der Waals surface area contributed by atoms with E-state index in [1.165, 1.54) is 0 Å². The molecule has 118 valence electrons. The molecule has 1 amide bonds. The zero-order valence-corrected chi connectivity index (χ0v) is 13.1. The molecule has 0 saturated carbocycles. The summed E-state index contributed by atoms with van der Waals surface area (Å²) in [5.41, 5.74) is 1.34. The summed E-state index contributed by atoms with van der Waals surface area (Å²) >= 11 is 0. The Morgan fingerprint density at radius 1 is 1.48 bits per heavy atom. The van der Waals surface area contributed by atoms with Crippen molar-refractivity contribution in [3.63, 3.8) is 0 Å². The molecule has 0 unspecified atom stereocenters.